The van der Waals surface area contributed by atoms with E-state index in [4.69, 9.17) is 9.47 Å². The second-order valence-electron chi connectivity index (χ2n) is 8.50. The van der Waals surface area contributed by atoms with Crippen LogP contribution in [0.15, 0.2) is 12.1 Å². The number of aliphatic carboxylic acids is 1. The van der Waals surface area contributed by atoms with Crippen LogP contribution < -0.4 is 9.47 Å². The van der Waals surface area contributed by atoms with Crippen molar-refractivity contribution in [2.45, 2.75) is 51.5 Å². The van der Waals surface area contributed by atoms with E-state index in [1.54, 1.807) is 0 Å². The van der Waals surface area contributed by atoms with E-state index in [1.165, 1.54) is 5.56 Å². The van der Waals surface area contributed by atoms with E-state index in [1.807, 2.05) is 43.8 Å². The molecule has 3 rings (SSSR count). The van der Waals surface area contributed by atoms with E-state index in [-0.39, 0.29) is 11.8 Å². The summed E-state index contributed by atoms with van der Waals surface area (Å²) in [6.07, 6.45) is 3.19. The van der Waals surface area contributed by atoms with Gasteiger partial charge in [-0.2, -0.15) is 0 Å². The minimum absolute atomic E-state index is 0.0891. The first kappa shape index (κ1) is 22.4. The molecule has 0 aromatic heterocycles. The molecule has 1 amide bonds. The smallest absolute Gasteiger partial charge is 0.306 e. The highest BCUT2D eigenvalue weighted by molar-refractivity contribution is 5.80. The van der Waals surface area contributed by atoms with Gasteiger partial charge in [0.2, 0.25) is 5.91 Å². The van der Waals surface area contributed by atoms with E-state index in [9.17, 15) is 14.7 Å². The number of rotatable bonds is 7. The molecular weight excluding hydrogens is 384 g/mol. The summed E-state index contributed by atoms with van der Waals surface area (Å²) in [7, 11) is 3.79. The maximum atomic E-state index is 13.2. The Kier molecular flexibility index (Phi) is 6.91. The topological polar surface area (TPSA) is 79.3 Å². The average molecular weight is 419 g/mol. The van der Waals surface area contributed by atoms with Crippen LogP contribution in [-0.4, -0.2) is 67.2 Å². The number of amides is 1. The molecule has 1 aliphatic heterocycles. The molecule has 0 bridgehead atoms. The third kappa shape index (κ3) is 4.26. The molecule has 2 aliphatic rings. The molecular formula is C23H34N2O5. The number of ether oxygens (including phenoxy) is 2. The second kappa shape index (κ2) is 9.25. The van der Waals surface area contributed by atoms with Crippen molar-refractivity contribution in [3.05, 3.63) is 23.3 Å². The zero-order valence-electron chi connectivity index (χ0n) is 18.6. The van der Waals surface area contributed by atoms with Crippen molar-refractivity contribution >= 4 is 11.9 Å². The number of hydrogen-bond acceptors (Lipinski definition) is 5. The molecule has 1 saturated carbocycles. The van der Waals surface area contributed by atoms with E-state index in [0.29, 0.717) is 57.7 Å². The van der Waals surface area contributed by atoms with Gasteiger partial charge in [0.25, 0.3) is 0 Å². The van der Waals surface area contributed by atoms with E-state index < -0.39 is 11.5 Å². The molecule has 1 spiro atoms. The highest BCUT2D eigenvalue weighted by Crippen LogP contribution is 2.50. The van der Waals surface area contributed by atoms with E-state index >= 15 is 0 Å². The summed E-state index contributed by atoms with van der Waals surface area (Å²) in [4.78, 5) is 28.7. The first-order valence-electron chi connectivity index (χ1n) is 10.9. The van der Waals surface area contributed by atoms with Crippen LogP contribution in [0.1, 0.15) is 50.7 Å². The van der Waals surface area contributed by atoms with Gasteiger partial charge < -0.3 is 24.4 Å². The number of carboxylic acid groups (broad SMARTS) is 1. The molecule has 7 nitrogen and oxygen atoms in total. The Bertz CT molecular complexity index is 784. The fourth-order valence-corrected chi connectivity index (χ4v) is 4.97. The van der Waals surface area contributed by atoms with Gasteiger partial charge in [-0.05, 0) is 83.3 Å². The zero-order valence-corrected chi connectivity index (χ0v) is 18.6. The fraction of sp³-hybridized carbons (Fsp3) is 0.652. The van der Waals surface area contributed by atoms with Gasteiger partial charge in [0.05, 0.1) is 31.2 Å². The second-order valence-corrected chi connectivity index (χ2v) is 8.50. The molecule has 1 fully saturated rings. The van der Waals surface area contributed by atoms with Gasteiger partial charge in [0.1, 0.15) is 0 Å². The first-order chi connectivity index (χ1) is 14.3. The number of nitrogens with zero attached hydrogens (tertiary/aromatic N) is 2. The predicted molar refractivity (Wildman–Crippen MR) is 114 cm³/mol. The first-order valence-corrected chi connectivity index (χ1v) is 10.9. The van der Waals surface area contributed by atoms with Crippen molar-refractivity contribution in [2.24, 2.45) is 5.92 Å². The molecule has 166 valence electrons. The fourth-order valence-electron chi connectivity index (χ4n) is 4.97. The van der Waals surface area contributed by atoms with Crippen molar-refractivity contribution in [1.29, 1.82) is 0 Å². The minimum atomic E-state index is -0.742. The predicted octanol–water partition coefficient (Wildman–Crippen LogP) is 2.90. The number of likely N-dealkylation sites (N-methyl/N-ethyl adjacent to an activating group) is 1. The maximum absolute atomic E-state index is 13.2. The van der Waals surface area contributed by atoms with Crippen LogP contribution in [0.4, 0.5) is 0 Å². The summed E-state index contributed by atoms with van der Waals surface area (Å²) in [6, 6.07) is 4.10. The Labute approximate surface area is 178 Å². The molecule has 7 heteroatoms. The third-order valence-electron chi connectivity index (χ3n) is 6.31. The van der Waals surface area contributed by atoms with Crippen LogP contribution in [-0.2, 0) is 21.5 Å². The van der Waals surface area contributed by atoms with E-state index in [0.717, 1.165) is 17.7 Å². The summed E-state index contributed by atoms with van der Waals surface area (Å²) in [5.41, 5.74) is 1.78. The largest absolute Gasteiger partial charge is 0.490 e. The molecule has 0 atom stereocenters. The van der Waals surface area contributed by atoms with Gasteiger partial charge in [0.15, 0.2) is 11.5 Å². The SMILES string of the molecule is CCOc1cc2c(cc1OCC)[C@]1(CC[C@@H](C(=O)O)CC1)N(C(=O)CN(C)C)CC2. The van der Waals surface area contributed by atoms with Crippen LogP contribution in [0.25, 0.3) is 0 Å². The lowest BCUT2D eigenvalue weighted by molar-refractivity contribution is -0.147. The summed E-state index contributed by atoms with van der Waals surface area (Å²) < 4.78 is 11.7. The minimum Gasteiger partial charge on any atom is -0.490 e. The van der Waals surface area contributed by atoms with Crippen molar-refractivity contribution in [1.82, 2.24) is 9.80 Å². The quantitative estimate of drug-likeness (QED) is 0.734. The maximum Gasteiger partial charge on any atom is 0.306 e. The molecule has 1 heterocycles. The van der Waals surface area contributed by atoms with Gasteiger partial charge in [0, 0.05) is 6.54 Å². The van der Waals surface area contributed by atoms with Crippen LogP contribution in [0.5, 0.6) is 11.5 Å². The number of fused-ring (bicyclic) bond motifs is 2. The molecule has 0 saturated heterocycles. The summed E-state index contributed by atoms with van der Waals surface area (Å²) in [5.74, 6) is 0.432. The van der Waals surface area contributed by atoms with E-state index in [2.05, 4.69) is 6.07 Å². The Morgan fingerprint density at radius 1 is 1.13 bits per heavy atom. The number of hydrogen-bond donors (Lipinski definition) is 1. The lowest BCUT2D eigenvalue weighted by Crippen LogP contribution is -2.57. The molecule has 0 unspecified atom stereocenters. The van der Waals surface area contributed by atoms with Crippen LogP contribution in [0.2, 0.25) is 0 Å². The number of benzene rings is 1. The Morgan fingerprint density at radius 3 is 2.27 bits per heavy atom. The third-order valence-corrected chi connectivity index (χ3v) is 6.31. The normalized spacial score (nSPS) is 23.4. The van der Waals surface area contributed by atoms with Crippen molar-refractivity contribution < 1.29 is 24.2 Å². The summed E-state index contributed by atoms with van der Waals surface area (Å²) in [5, 5.41) is 9.50. The number of carbonyl (C=O) groups excluding carboxylic acids is 1. The molecule has 1 N–H and O–H groups in total. The van der Waals surface area contributed by atoms with Gasteiger partial charge >= 0.3 is 5.97 Å². The molecule has 1 aromatic rings. The Balaban J connectivity index is 2.06. The van der Waals surface area contributed by atoms with Gasteiger partial charge in [-0.25, -0.2) is 0 Å². The average Bonchev–Trinajstić information content (AvgIpc) is 2.69. The van der Waals surface area contributed by atoms with Crippen molar-refractivity contribution in [3.63, 3.8) is 0 Å². The molecule has 1 aliphatic carbocycles. The van der Waals surface area contributed by atoms with Gasteiger partial charge in [-0.3, -0.25) is 9.59 Å². The number of carboxylic acids is 1. The lowest BCUT2D eigenvalue weighted by Gasteiger charge is -2.51. The van der Waals surface area contributed by atoms with Crippen LogP contribution >= 0.6 is 0 Å². The monoisotopic (exact) mass is 418 g/mol. The van der Waals surface area contributed by atoms with Crippen LogP contribution in [0.3, 0.4) is 0 Å². The summed E-state index contributed by atoms with van der Waals surface area (Å²) >= 11 is 0. The molecule has 30 heavy (non-hydrogen) atoms. The number of carbonyl (C=O) groups is 2. The lowest BCUT2D eigenvalue weighted by atomic mass is 9.68. The van der Waals surface area contributed by atoms with Crippen molar-refractivity contribution in [2.75, 3.05) is 40.4 Å². The Hall–Kier alpha value is -2.28. The molecule has 1 aromatic carbocycles. The van der Waals surface area contributed by atoms with Crippen LogP contribution in [0, 0.1) is 5.92 Å². The Morgan fingerprint density at radius 2 is 1.73 bits per heavy atom. The highest BCUT2D eigenvalue weighted by atomic mass is 16.5. The van der Waals surface area contributed by atoms with Gasteiger partial charge in [-0.1, -0.05) is 0 Å². The zero-order chi connectivity index (χ0) is 21.9. The summed E-state index contributed by atoms with van der Waals surface area (Å²) in [6.45, 7) is 5.95. The molecule has 0 radical (unpaired) electrons. The van der Waals surface area contributed by atoms with Crippen molar-refractivity contribution in [3.8, 4) is 11.5 Å². The highest BCUT2D eigenvalue weighted by Gasteiger charge is 2.48. The standard InChI is InChI=1S/C23H34N2O5/c1-5-29-19-13-17-9-12-25(21(26)15-24(3)4)23(18(17)14-20(19)30-6-2)10-7-16(8-11-23)22(27)28/h13-14,16H,5-12,15H2,1-4H3,(H,27,28)/t16-,23-. The van der Waals surface area contributed by atoms with Gasteiger partial charge in [-0.15, -0.1) is 0 Å².